The Kier molecular flexibility index (Phi) is 6.12. The molecule has 5 aliphatic rings. The van der Waals surface area contributed by atoms with Crippen LogP contribution in [0.4, 0.5) is 0 Å². The first-order chi connectivity index (χ1) is 14.3. The summed E-state index contributed by atoms with van der Waals surface area (Å²) in [5.74, 6) is 5.00. The lowest BCUT2D eigenvalue weighted by Crippen LogP contribution is -2.49. The second-order valence-corrected chi connectivity index (χ2v) is 10.1. The van der Waals surface area contributed by atoms with Gasteiger partial charge >= 0.3 is 0 Å². The van der Waals surface area contributed by atoms with Gasteiger partial charge in [0.1, 0.15) is 5.75 Å². The van der Waals surface area contributed by atoms with Crippen molar-refractivity contribution >= 4 is 0 Å². The summed E-state index contributed by atoms with van der Waals surface area (Å²) in [7, 11) is 0. The molecule has 160 valence electrons. The number of hydrogen-bond donors (Lipinski definition) is 1. The van der Waals surface area contributed by atoms with E-state index >= 15 is 0 Å². The lowest BCUT2D eigenvalue weighted by atomic mass is 9.55. The summed E-state index contributed by atoms with van der Waals surface area (Å²) in [6, 6.07) is 8.65. The van der Waals surface area contributed by atoms with E-state index in [1.807, 2.05) is 0 Å². The molecule has 1 aromatic carbocycles. The summed E-state index contributed by atoms with van der Waals surface area (Å²) in [4.78, 5) is 12.3. The zero-order valence-corrected chi connectivity index (χ0v) is 17.6. The molecule has 2 atom stereocenters. The molecule has 29 heavy (non-hydrogen) atoms. The van der Waals surface area contributed by atoms with Crippen molar-refractivity contribution in [1.82, 2.24) is 0 Å². The maximum absolute atomic E-state index is 6.19. The Balaban J connectivity index is 1.12. The van der Waals surface area contributed by atoms with Crippen LogP contribution in [-0.2, 0) is 9.78 Å². The second kappa shape index (κ2) is 8.95. The van der Waals surface area contributed by atoms with E-state index in [1.54, 1.807) is 0 Å². The topological polar surface area (TPSA) is 53.7 Å². The third-order valence-electron chi connectivity index (χ3n) is 8.04. The lowest BCUT2D eigenvalue weighted by Gasteiger charge is -2.53. The van der Waals surface area contributed by atoms with E-state index in [9.17, 15) is 0 Å². The molecule has 0 saturated heterocycles. The molecular weight excluding hydrogens is 362 g/mol. The van der Waals surface area contributed by atoms with Gasteiger partial charge in [-0.25, -0.2) is 9.78 Å². The SMILES string of the molecule is NCCCOc1ccc(C2CCCC(OOC3C4CC5CC(C4)CC3C5)C2)cc1. The fourth-order valence-corrected chi connectivity index (χ4v) is 6.82. The predicted molar refractivity (Wildman–Crippen MR) is 114 cm³/mol. The third kappa shape index (κ3) is 4.50. The zero-order chi connectivity index (χ0) is 19.6. The molecule has 1 aromatic rings. The minimum Gasteiger partial charge on any atom is -0.494 e. The monoisotopic (exact) mass is 399 g/mol. The van der Waals surface area contributed by atoms with Crippen molar-refractivity contribution in [2.24, 2.45) is 29.4 Å². The van der Waals surface area contributed by atoms with Crippen LogP contribution >= 0.6 is 0 Å². The third-order valence-corrected chi connectivity index (χ3v) is 8.04. The van der Waals surface area contributed by atoms with Crippen LogP contribution in [-0.4, -0.2) is 25.4 Å². The molecule has 4 bridgehead atoms. The molecule has 6 rings (SSSR count). The van der Waals surface area contributed by atoms with Gasteiger partial charge in [0.2, 0.25) is 0 Å². The number of nitrogens with two attached hydrogens (primary N) is 1. The molecule has 5 fully saturated rings. The minimum absolute atomic E-state index is 0.242. The second-order valence-electron chi connectivity index (χ2n) is 10.1. The van der Waals surface area contributed by atoms with Crippen LogP contribution in [0.2, 0.25) is 0 Å². The zero-order valence-electron chi connectivity index (χ0n) is 17.6. The molecule has 5 saturated carbocycles. The van der Waals surface area contributed by atoms with E-state index in [2.05, 4.69) is 24.3 Å². The van der Waals surface area contributed by atoms with Gasteiger partial charge in [-0.15, -0.1) is 0 Å². The minimum atomic E-state index is 0.242. The maximum Gasteiger partial charge on any atom is 0.119 e. The molecule has 0 heterocycles. The van der Waals surface area contributed by atoms with Crippen LogP contribution in [0, 0.1) is 23.7 Å². The summed E-state index contributed by atoms with van der Waals surface area (Å²) in [6.07, 6.45) is 13.2. The molecular formula is C25H37NO3. The van der Waals surface area contributed by atoms with E-state index in [0.29, 0.717) is 25.2 Å². The van der Waals surface area contributed by atoms with Gasteiger partial charge in [-0.3, -0.25) is 0 Å². The number of benzene rings is 1. The first-order valence-corrected chi connectivity index (χ1v) is 12.0. The van der Waals surface area contributed by atoms with Crippen molar-refractivity contribution in [3.8, 4) is 5.75 Å². The molecule has 2 N–H and O–H groups in total. The normalized spacial score (nSPS) is 38.3. The Morgan fingerprint density at radius 2 is 1.55 bits per heavy atom. The van der Waals surface area contributed by atoms with E-state index in [4.69, 9.17) is 20.2 Å². The molecule has 0 radical (unpaired) electrons. The summed E-state index contributed by atoms with van der Waals surface area (Å²) in [5.41, 5.74) is 6.93. The highest BCUT2D eigenvalue weighted by Crippen LogP contribution is 2.54. The van der Waals surface area contributed by atoms with Crippen LogP contribution in [0.1, 0.15) is 75.7 Å². The molecule has 2 unspecified atom stereocenters. The molecule has 0 aromatic heterocycles. The number of rotatable bonds is 8. The highest BCUT2D eigenvalue weighted by Gasteiger charge is 2.49. The van der Waals surface area contributed by atoms with Crippen LogP contribution < -0.4 is 10.5 Å². The summed E-state index contributed by atoms with van der Waals surface area (Å²) in [5, 5.41) is 0. The quantitative estimate of drug-likeness (QED) is 0.370. The standard InChI is InChI=1S/C25H37NO3/c26-9-2-10-27-23-7-5-19(6-8-23)20-3-1-4-24(16-20)28-29-25-21-12-17-11-18(14-21)15-22(25)13-17/h5-8,17-18,20-22,24-25H,1-4,9-16,26H2. The van der Waals surface area contributed by atoms with E-state index in [1.165, 1.54) is 50.5 Å². The summed E-state index contributed by atoms with van der Waals surface area (Å²) < 4.78 is 5.74. The van der Waals surface area contributed by atoms with Crippen LogP contribution in [0.25, 0.3) is 0 Å². The van der Waals surface area contributed by atoms with Gasteiger partial charge in [-0.2, -0.15) is 0 Å². The van der Waals surface area contributed by atoms with E-state index in [0.717, 1.165) is 48.7 Å². The predicted octanol–water partition coefficient (Wildman–Crippen LogP) is 5.21. The van der Waals surface area contributed by atoms with Gasteiger partial charge in [0.15, 0.2) is 0 Å². The van der Waals surface area contributed by atoms with Crippen molar-refractivity contribution < 1.29 is 14.5 Å². The van der Waals surface area contributed by atoms with Gasteiger partial charge < -0.3 is 10.5 Å². The smallest absolute Gasteiger partial charge is 0.119 e. The number of hydrogen-bond acceptors (Lipinski definition) is 4. The molecule has 4 nitrogen and oxygen atoms in total. The van der Waals surface area contributed by atoms with Crippen molar-refractivity contribution in [3.63, 3.8) is 0 Å². The fourth-order valence-electron chi connectivity index (χ4n) is 6.82. The summed E-state index contributed by atoms with van der Waals surface area (Å²) in [6.45, 7) is 1.37. The number of ether oxygens (including phenoxy) is 1. The van der Waals surface area contributed by atoms with Crippen molar-refractivity contribution in [2.75, 3.05) is 13.2 Å². The largest absolute Gasteiger partial charge is 0.494 e. The molecule has 0 aliphatic heterocycles. The van der Waals surface area contributed by atoms with Gasteiger partial charge in [-0.05, 0) is 112 Å². The van der Waals surface area contributed by atoms with E-state index in [-0.39, 0.29) is 6.10 Å². The van der Waals surface area contributed by atoms with Crippen LogP contribution in [0.3, 0.4) is 0 Å². The Bertz CT molecular complexity index is 633. The summed E-state index contributed by atoms with van der Waals surface area (Å²) >= 11 is 0. The highest BCUT2D eigenvalue weighted by molar-refractivity contribution is 5.29. The van der Waals surface area contributed by atoms with Gasteiger partial charge in [-0.1, -0.05) is 18.6 Å². The Morgan fingerprint density at radius 1 is 0.828 bits per heavy atom. The molecule has 0 spiro atoms. The van der Waals surface area contributed by atoms with Gasteiger partial charge in [0.25, 0.3) is 0 Å². The Labute approximate surface area is 175 Å². The maximum atomic E-state index is 6.19. The van der Waals surface area contributed by atoms with Crippen LogP contribution in [0.5, 0.6) is 5.75 Å². The molecule has 5 aliphatic carbocycles. The average molecular weight is 400 g/mol. The fraction of sp³-hybridized carbons (Fsp3) is 0.760. The Hall–Kier alpha value is -1.10. The highest BCUT2D eigenvalue weighted by atomic mass is 17.2. The van der Waals surface area contributed by atoms with E-state index < -0.39 is 0 Å². The first-order valence-electron chi connectivity index (χ1n) is 12.0. The van der Waals surface area contributed by atoms with Crippen molar-refractivity contribution in [3.05, 3.63) is 29.8 Å². The molecule has 4 heteroatoms. The van der Waals surface area contributed by atoms with Gasteiger partial charge in [0.05, 0.1) is 18.8 Å². The first kappa shape index (κ1) is 19.8. The molecule has 0 amide bonds. The lowest BCUT2D eigenvalue weighted by molar-refractivity contribution is -0.384. The van der Waals surface area contributed by atoms with Crippen LogP contribution in [0.15, 0.2) is 24.3 Å². The average Bonchev–Trinajstić information content (AvgIpc) is 2.74. The van der Waals surface area contributed by atoms with Crippen molar-refractivity contribution in [2.45, 2.75) is 82.3 Å². The van der Waals surface area contributed by atoms with Crippen molar-refractivity contribution in [1.29, 1.82) is 0 Å². The van der Waals surface area contributed by atoms with Gasteiger partial charge in [0, 0.05) is 0 Å². The Morgan fingerprint density at radius 3 is 2.24 bits per heavy atom.